The minimum atomic E-state index is 0.472. The largest absolute Gasteiger partial charge is 0.339 e. The van der Waals surface area contributed by atoms with Crippen molar-refractivity contribution in [3.05, 3.63) is 24.4 Å². The van der Waals surface area contributed by atoms with Crippen LogP contribution in [-0.4, -0.2) is 33.2 Å². The normalized spacial score (nSPS) is 16.9. The summed E-state index contributed by atoms with van der Waals surface area (Å²) >= 11 is 0. The quantitative estimate of drug-likeness (QED) is 0.871. The van der Waals surface area contributed by atoms with Gasteiger partial charge in [-0.25, -0.2) is 9.97 Å². The average molecular weight is 245 g/mol. The van der Waals surface area contributed by atoms with Gasteiger partial charge in [-0.3, -0.25) is 0 Å². The lowest BCUT2D eigenvalue weighted by Gasteiger charge is -2.20. The van der Waals surface area contributed by atoms with Crippen LogP contribution >= 0.6 is 0 Å². The van der Waals surface area contributed by atoms with Crippen molar-refractivity contribution in [2.45, 2.75) is 19.3 Å². The summed E-state index contributed by atoms with van der Waals surface area (Å²) in [5, 5.41) is 7.27. The van der Waals surface area contributed by atoms with E-state index in [-0.39, 0.29) is 0 Å². The Morgan fingerprint density at radius 3 is 2.72 bits per heavy atom. The molecule has 1 aliphatic rings. The summed E-state index contributed by atoms with van der Waals surface area (Å²) in [4.78, 5) is 12.6. The summed E-state index contributed by atoms with van der Waals surface area (Å²) in [5.74, 6) is 2.30. The zero-order valence-electron chi connectivity index (χ0n) is 10.0. The lowest BCUT2D eigenvalue weighted by atomic mass is 9.95. The van der Waals surface area contributed by atoms with E-state index < -0.39 is 0 Å². The van der Waals surface area contributed by atoms with Crippen LogP contribution in [0.1, 0.15) is 18.7 Å². The van der Waals surface area contributed by atoms with Crippen LogP contribution in [0, 0.1) is 5.92 Å². The molecule has 1 N–H and O–H groups in total. The van der Waals surface area contributed by atoms with Gasteiger partial charge in [-0.2, -0.15) is 4.98 Å². The van der Waals surface area contributed by atoms with E-state index in [0.29, 0.717) is 23.5 Å². The SMILES string of the molecule is c1cnc(-c2noc(CC3CCNCC3)n2)nc1. The van der Waals surface area contributed by atoms with Gasteiger partial charge in [0.15, 0.2) is 0 Å². The van der Waals surface area contributed by atoms with Gasteiger partial charge in [0.05, 0.1) is 0 Å². The summed E-state index contributed by atoms with van der Waals surface area (Å²) < 4.78 is 5.26. The fourth-order valence-corrected chi connectivity index (χ4v) is 2.18. The summed E-state index contributed by atoms with van der Waals surface area (Å²) in [6.45, 7) is 2.15. The molecule has 2 aromatic rings. The summed E-state index contributed by atoms with van der Waals surface area (Å²) in [6.07, 6.45) is 6.52. The average Bonchev–Trinajstić information content (AvgIpc) is 2.89. The van der Waals surface area contributed by atoms with Gasteiger partial charge in [0.1, 0.15) is 0 Å². The van der Waals surface area contributed by atoms with Crippen LogP contribution in [0.2, 0.25) is 0 Å². The Morgan fingerprint density at radius 1 is 1.17 bits per heavy atom. The predicted molar refractivity (Wildman–Crippen MR) is 64.6 cm³/mol. The molecule has 3 rings (SSSR count). The number of hydrogen-bond acceptors (Lipinski definition) is 6. The highest BCUT2D eigenvalue weighted by molar-refractivity contribution is 5.40. The molecular weight excluding hydrogens is 230 g/mol. The monoisotopic (exact) mass is 245 g/mol. The van der Waals surface area contributed by atoms with Crippen molar-refractivity contribution in [2.75, 3.05) is 13.1 Å². The Labute approximate surface area is 105 Å². The second kappa shape index (κ2) is 5.22. The molecule has 1 aliphatic heterocycles. The van der Waals surface area contributed by atoms with Crippen LogP contribution in [0.3, 0.4) is 0 Å². The van der Waals surface area contributed by atoms with Crippen LogP contribution in [0.5, 0.6) is 0 Å². The van der Waals surface area contributed by atoms with E-state index in [1.54, 1.807) is 18.5 Å². The number of aromatic nitrogens is 4. The molecule has 6 heteroatoms. The van der Waals surface area contributed by atoms with E-state index in [9.17, 15) is 0 Å². The Hall–Kier alpha value is -1.82. The molecule has 18 heavy (non-hydrogen) atoms. The maximum atomic E-state index is 5.26. The molecule has 0 bridgehead atoms. The van der Waals surface area contributed by atoms with Crippen molar-refractivity contribution in [3.63, 3.8) is 0 Å². The number of nitrogens with zero attached hydrogens (tertiary/aromatic N) is 4. The highest BCUT2D eigenvalue weighted by atomic mass is 16.5. The zero-order valence-corrected chi connectivity index (χ0v) is 10.0. The van der Waals surface area contributed by atoms with E-state index in [1.165, 1.54) is 12.8 Å². The van der Waals surface area contributed by atoms with Gasteiger partial charge in [-0.05, 0) is 37.9 Å². The number of hydrogen-bond donors (Lipinski definition) is 1. The first kappa shape index (κ1) is 11.3. The lowest BCUT2D eigenvalue weighted by molar-refractivity contribution is 0.313. The van der Waals surface area contributed by atoms with Crippen molar-refractivity contribution in [1.82, 2.24) is 25.4 Å². The third kappa shape index (κ3) is 2.53. The van der Waals surface area contributed by atoms with E-state index in [0.717, 1.165) is 19.5 Å². The second-order valence-corrected chi connectivity index (χ2v) is 4.48. The molecule has 2 aromatic heterocycles. The van der Waals surface area contributed by atoms with Crippen molar-refractivity contribution < 1.29 is 4.52 Å². The van der Waals surface area contributed by atoms with E-state index in [2.05, 4.69) is 25.4 Å². The summed E-state index contributed by atoms with van der Waals surface area (Å²) in [7, 11) is 0. The first-order chi connectivity index (χ1) is 8.92. The van der Waals surface area contributed by atoms with Crippen LogP contribution < -0.4 is 5.32 Å². The number of rotatable bonds is 3. The lowest BCUT2D eigenvalue weighted by Crippen LogP contribution is -2.28. The van der Waals surface area contributed by atoms with Gasteiger partial charge < -0.3 is 9.84 Å². The number of piperidine rings is 1. The van der Waals surface area contributed by atoms with Gasteiger partial charge in [-0.1, -0.05) is 5.16 Å². The minimum absolute atomic E-state index is 0.472. The van der Waals surface area contributed by atoms with Crippen molar-refractivity contribution >= 4 is 0 Å². The van der Waals surface area contributed by atoms with E-state index >= 15 is 0 Å². The van der Waals surface area contributed by atoms with Gasteiger partial charge >= 0.3 is 0 Å². The van der Waals surface area contributed by atoms with Crippen molar-refractivity contribution in [2.24, 2.45) is 5.92 Å². The highest BCUT2D eigenvalue weighted by Gasteiger charge is 2.18. The van der Waals surface area contributed by atoms with Crippen LogP contribution in [-0.2, 0) is 6.42 Å². The molecular formula is C12H15N5O. The summed E-state index contributed by atoms with van der Waals surface area (Å²) in [5.41, 5.74) is 0. The van der Waals surface area contributed by atoms with Crippen LogP contribution in [0.15, 0.2) is 23.0 Å². The molecule has 0 unspecified atom stereocenters. The fourth-order valence-electron chi connectivity index (χ4n) is 2.18. The first-order valence-electron chi connectivity index (χ1n) is 6.22. The topological polar surface area (TPSA) is 76.7 Å². The second-order valence-electron chi connectivity index (χ2n) is 4.48. The molecule has 0 aromatic carbocycles. The third-order valence-corrected chi connectivity index (χ3v) is 3.16. The Balaban J connectivity index is 1.69. The van der Waals surface area contributed by atoms with Gasteiger partial charge in [0, 0.05) is 18.8 Å². The molecule has 0 saturated carbocycles. The molecule has 6 nitrogen and oxygen atoms in total. The predicted octanol–water partition coefficient (Wildman–Crippen LogP) is 1.07. The van der Waals surface area contributed by atoms with Crippen molar-refractivity contribution in [3.8, 4) is 11.6 Å². The Kier molecular flexibility index (Phi) is 3.27. The summed E-state index contributed by atoms with van der Waals surface area (Å²) in [6, 6.07) is 1.76. The zero-order chi connectivity index (χ0) is 12.2. The molecule has 94 valence electrons. The Morgan fingerprint density at radius 2 is 1.94 bits per heavy atom. The van der Waals surface area contributed by atoms with E-state index in [1.807, 2.05) is 0 Å². The van der Waals surface area contributed by atoms with E-state index in [4.69, 9.17) is 4.52 Å². The molecule has 0 atom stereocenters. The maximum absolute atomic E-state index is 5.26. The van der Waals surface area contributed by atoms with Crippen molar-refractivity contribution in [1.29, 1.82) is 0 Å². The standard InChI is InChI=1S/C12H15N5O/c1-4-14-11(15-5-1)12-16-10(18-17-12)8-9-2-6-13-7-3-9/h1,4-5,9,13H,2-3,6-8H2. The third-order valence-electron chi connectivity index (χ3n) is 3.16. The van der Waals surface area contributed by atoms with Crippen LogP contribution in [0.4, 0.5) is 0 Å². The molecule has 1 fully saturated rings. The smallest absolute Gasteiger partial charge is 0.240 e. The molecule has 1 saturated heterocycles. The Bertz CT molecular complexity index is 492. The molecule has 3 heterocycles. The maximum Gasteiger partial charge on any atom is 0.240 e. The first-order valence-corrected chi connectivity index (χ1v) is 6.22. The fraction of sp³-hybridized carbons (Fsp3) is 0.500. The molecule has 0 radical (unpaired) electrons. The minimum Gasteiger partial charge on any atom is -0.339 e. The van der Waals surface area contributed by atoms with Gasteiger partial charge in [0.2, 0.25) is 17.5 Å². The van der Waals surface area contributed by atoms with Gasteiger partial charge in [0.25, 0.3) is 0 Å². The van der Waals surface area contributed by atoms with Gasteiger partial charge in [-0.15, -0.1) is 0 Å². The molecule has 0 spiro atoms. The molecule has 0 aliphatic carbocycles. The number of nitrogens with one attached hydrogen (secondary N) is 1. The molecule has 0 amide bonds. The van der Waals surface area contributed by atoms with Crippen LogP contribution in [0.25, 0.3) is 11.6 Å². The highest BCUT2D eigenvalue weighted by Crippen LogP contribution is 2.18.